The number of nitrogens with one attached hydrogen (secondary N) is 2. The lowest BCUT2D eigenvalue weighted by Crippen LogP contribution is -2.14. The first-order valence-corrected chi connectivity index (χ1v) is 11.0. The van der Waals surface area contributed by atoms with Crippen LogP contribution in [0.1, 0.15) is 5.56 Å². The molecule has 4 aromatic rings. The van der Waals surface area contributed by atoms with Gasteiger partial charge in [0.1, 0.15) is 5.82 Å². The molecule has 0 spiro atoms. The lowest BCUT2D eigenvalue weighted by atomic mass is 10.1. The van der Waals surface area contributed by atoms with E-state index in [1.165, 1.54) is 6.26 Å². The van der Waals surface area contributed by atoms with Crippen LogP contribution in [-0.2, 0) is 15.6 Å². The third-order valence-corrected chi connectivity index (χ3v) is 5.24. The van der Waals surface area contributed by atoms with Crippen LogP contribution in [0, 0.1) is 0 Å². The molecule has 0 aliphatic heterocycles. The number of fused-ring (bicyclic) bond motifs is 1. The van der Waals surface area contributed by atoms with E-state index >= 15 is 0 Å². The van der Waals surface area contributed by atoms with Gasteiger partial charge in [0, 0.05) is 30.6 Å². The Morgan fingerprint density at radius 2 is 1.93 bits per heavy atom. The third-order valence-electron chi connectivity index (χ3n) is 4.38. The van der Waals surface area contributed by atoms with Gasteiger partial charge in [0.2, 0.25) is 5.95 Å². The predicted molar refractivity (Wildman–Crippen MR) is 114 cm³/mol. The Bertz CT molecular complexity index is 1270. The Balaban J connectivity index is 1.87. The zero-order valence-electron chi connectivity index (χ0n) is 16.0. The zero-order chi connectivity index (χ0) is 20.4. The van der Waals surface area contributed by atoms with Crippen LogP contribution in [0.5, 0.6) is 0 Å². The molecule has 9 heteroatoms. The molecule has 0 aliphatic rings. The van der Waals surface area contributed by atoms with Gasteiger partial charge in [-0.15, -0.1) is 0 Å². The molecule has 0 radical (unpaired) electrons. The molecule has 0 fully saturated rings. The maximum absolute atomic E-state index is 11.8. The number of aromatic nitrogens is 4. The molecule has 29 heavy (non-hydrogen) atoms. The molecule has 0 saturated heterocycles. The van der Waals surface area contributed by atoms with Gasteiger partial charge in [-0.2, -0.15) is 10.1 Å². The fourth-order valence-corrected chi connectivity index (χ4v) is 3.91. The molecule has 8 nitrogen and oxygen atoms in total. The van der Waals surface area contributed by atoms with Gasteiger partial charge in [-0.1, -0.05) is 12.1 Å². The molecule has 0 saturated carbocycles. The summed E-state index contributed by atoms with van der Waals surface area (Å²) in [6.45, 7) is 0. The quantitative estimate of drug-likeness (QED) is 0.504. The van der Waals surface area contributed by atoms with Crippen molar-refractivity contribution in [3.63, 3.8) is 0 Å². The number of hydrogen-bond donors (Lipinski definition) is 2. The van der Waals surface area contributed by atoms with E-state index in [-0.39, 0.29) is 5.75 Å². The van der Waals surface area contributed by atoms with Gasteiger partial charge in [0.05, 0.1) is 23.2 Å². The topological polar surface area (TPSA) is 104 Å². The minimum atomic E-state index is -3.15. The second kappa shape index (κ2) is 7.51. The summed E-state index contributed by atoms with van der Waals surface area (Å²) in [7, 11) is -1.36. The van der Waals surface area contributed by atoms with Gasteiger partial charge in [-0.05, 0) is 42.0 Å². The SMILES string of the molecule is CNc1ccnc(N(c2cccc(CS(C)(=O)=O)c2)c2ccc3cn[nH]c3c2)n1. The molecule has 0 aliphatic carbocycles. The Hall–Kier alpha value is -3.46. The van der Waals surface area contributed by atoms with Gasteiger partial charge >= 0.3 is 0 Å². The minimum absolute atomic E-state index is 0.0360. The number of nitrogens with zero attached hydrogens (tertiary/aromatic N) is 4. The summed E-state index contributed by atoms with van der Waals surface area (Å²) < 4.78 is 23.5. The van der Waals surface area contributed by atoms with Crippen molar-refractivity contribution < 1.29 is 8.42 Å². The molecule has 4 rings (SSSR count). The third kappa shape index (κ3) is 4.19. The first kappa shape index (κ1) is 18.9. The van der Waals surface area contributed by atoms with Crippen molar-refractivity contribution in [2.75, 3.05) is 23.5 Å². The average molecular weight is 408 g/mol. The van der Waals surface area contributed by atoms with E-state index in [1.54, 1.807) is 31.6 Å². The van der Waals surface area contributed by atoms with Gasteiger partial charge in [-0.3, -0.25) is 10.00 Å². The van der Waals surface area contributed by atoms with Crippen LogP contribution in [0.4, 0.5) is 23.1 Å². The molecule has 2 aromatic heterocycles. The molecule has 0 bridgehead atoms. The van der Waals surface area contributed by atoms with Crippen LogP contribution in [0.2, 0.25) is 0 Å². The van der Waals surface area contributed by atoms with Crippen LogP contribution in [-0.4, -0.2) is 41.9 Å². The monoisotopic (exact) mass is 408 g/mol. The van der Waals surface area contributed by atoms with Crippen molar-refractivity contribution in [3.8, 4) is 0 Å². The lowest BCUT2D eigenvalue weighted by Gasteiger charge is -2.24. The van der Waals surface area contributed by atoms with E-state index in [1.807, 2.05) is 41.3 Å². The number of benzene rings is 2. The predicted octanol–water partition coefficient (Wildman–Crippen LogP) is 3.41. The highest BCUT2D eigenvalue weighted by atomic mass is 32.2. The number of sulfone groups is 1. The Morgan fingerprint density at radius 3 is 2.72 bits per heavy atom. The van der Waals surface area contributed by atoms with Crippen molar-refractivity contribution in [2.45, 2.75) is 5.75 Å². The molecule has 0 amide bonds. The first-order valence-electron chi connectivity index (χ1n) is 8.94. The van der Waals surface area contributed by atoms with E-state index in [0.717, 1.165) is 22.3 Å². The summed E-state index contributed by atoms with van der Waals surface area (Å²) in [6.07, 6.45) is 4.66. The molecule has 148 valence electrons. The van der Waals surface area contributed by atoms with Crippen molar-refractivity contribution in [1.29, 1.82) is 0 Å². The van der Waals surface area contributed by atoms with Gasteiger partial charge in [0.15, 0.2) is 9.84 Å². The standard InChI is InChI=1S/C20H20N6O2S/c1-21-19-8-9-22-20(24-19)26(17-7-6-15-12-23-25-18(15)11-17)16-5-3-4-14(10-16)13-29(2,27)28/h3-12H,13H2,1-2H3,(H,23,25)(H,21,22,24). The van der Waals surface area contributed by atoms with Crippen molar-refractivity contribution in [2.24, 2.45) is 0 Å². The Labute approximate surface area is 168 Å². The summed E-state index contributed by atoms with van der Waals surface area (Å²) >= 11 is 0. The van der Waals surface area contributed by atoms with Gasteiger partial charge < -0.3 is 5.32 Å². The van der Waals surface area contributed by atoms with Crippen LogP contribution in [0.15, 0.2) is 60.9 Å². The van der Waals surface area contributed by atoms with Crippen molar-refractivity contribution >= 4 is 43.9 Å². The lowest BCUT2D eigenvalue weighted by molar-refractivity contribution is 0.601. The second-order valence-electron chi connectivity index (χ2n) is 6.71. The highest BCUT2D eigenvalue weighted by Gasteiger charge is 2.17. The number of anilines is 4. The van der Waals surface area contributed by atoms with Crippen molar-refractivity contribution in [1.82, 2.24) is 20.2 Å². The number of rotatable bonds is 6. The molecule has 2 heterocycles. The van der Waals surface area contributed by atoms with Crippen LogP contribution >= 0.6 is 0 Å². The second-order valence-corrected chi connectivity index (χ2v) is 8.85. The van der Waals surface area contributed by atoms with Gasteiger partial charge in [0.25, 0.3) is 0 Å². The molecule has 0 unspecified atom stereocenters. The van der Waals surface area contributed by atoms with E-state index in [0.29, 0.717) is 17.3 Å². The van der Waals surface area contributed by atoms with Crippen molar-refractivity contribution in [3.05, 3.63) is 66.5 Å². The largest absolute Gasteiger partial charge is 0.373 e. The number of H-pyrrole nitrogens is 1. The fraction of sp³-hybridized carbons (Fsp3) is 0.150. The maximum Gasteiger partial charge on any atom is 0.236 e. The molecular formula is C20H20N6O2S. The van der Waals surface area contributed by atoms with E-state index in [4.69, 9.17) is 0 Å². The molecular weight excluding hydrogens is 388 g/mol. The van der Waals surface area contributed by atoms with Crippen LogP contribution in [0.3, 0.4) is 0 Å². The fourth-order valence-electron chi connectivity index (χ4n) is 3.13. The highest BCUT2D eigenvalue weighted by Crippen LogP contribution is 2.34. The van der Waals surface area contributed by atoms with E-state index in [2.05, 4.69) is 25.5 Å². The summed E-state index contributed by atoms with van der Waals surface area (Å²) in [5.41, 5.74) is 3.16. The highest BCUT2D eigenvalue weighted by molar-refractivity contribution is 7.89. The Kier molecular flexibility index (Phi) is 4.89. The average Bonchev–Trinajstić information content (AvgIpc) is 3.15. The normalized spacial score (nSPS) is 11.5. The van der Waals surface area contributed by atoms with Crippen LogP contribution in [0.25, 0.3) is 10.9 Å². The summed E-state index contributed by atoms with van der Waals surface area (Å²) in [6, 6.07) is 15.0. The maximum atomic E-state index is 11.8. The number of aromatic amines is 1. The summed E-state index contributed by atoms with van der Waals surface area (Å²) in [5.74, 6) is 1.10. The van der Waals surface area contributed by atoms with Crippen LogP contribution < -0.4 is 10.2 Å². The first-order chi connectivity index (χ1) is 13.9. The number of hydrogen-bond acceptors (Lipinski definition) is 7. The smallest absolute Gasteiger partial charge is 0.236 e. The molecule has 2 N–H and O–H groups in total. The molecule has 2 aromatic carbocycles. The van der Waals surface area contributed by atoms with E-state index < -0.39 is 9.84 Å². The summed E-state index contributed by atoms with van der Waals surface area (Å²) in [4.78, 5) is 10.9. The van der Waals surface area contributed by atoms with E-state index in [9.17, 15) is 8.42 Å². The molecule has 0 atom stereocenters. The summed E-state index contributed by atoms with van der Waals surface area (Å²) in [5, 5.41) is 11.1. The zero-order valence-corrected chi connectivity index (χ0v) is 16.8. The van der Waals surface area contributed by atoms with Gasteiger partial charge in [-0.25, -0.2) is 13.4 Å². The minimum Gasteiger partial charge on any atom is -0.373 e. The Morgan fingerprint density at radius 1 is 1.10 bits per heavy atom.